The second kappa shape index (κ2) is 13.5. The summed E-state index contributed by atoms with van der Waals surface area (Å²) < 4.78 is 17.0. The van der Waals surface area contributed by atoms with Gasteiger partial charge in [0.2, 0.25) is 5.91 Å². The first-order valence-electron chi connectivity index (χ1n) is 14.4. The van der Waals surface area contributed by atoms with E-state index in [1.165, 1.54) is 23.8 Å². The number of methoxy groups -OCH3 is 1. The monoisotopic (exact) mass is 629 g/mol. The molecular weight excluding hydrogens is 594 g/mol. The molecule has 45 heavy (non-hydrogen) atoms. The van der Waals surface area contributed by atoms with E-state index in [1.807, 2.05) is 60.7 Å². The van der Waals surface area contributed by atoms with Crippen molar-refractivity contribution in [2.75, 3.05) is 12.9 Å². The third-order valence-corrected chi connectivity index (χ3v) is 8.41. The number of alkyl carbamates (subject to hydrolysis) is 1. The maximum atomic E-state index is 13.8. The minimum absolute atomic E-state index is 0.0000931. The van der Waals surface area contributed by atoms with Gasteiger partial charge in [0, 0.05) is 0 Å². The fourth-order valence-electron chi connectivity index (χ4n) is 5.09. The van der Waals surface area contributed by atoms with E-state index in [4.69, 9.17) is 14.2 Å². The van der Waals surface area contributed by atoms with Crippen LogP contribution in [0.3, 0.4) is 0 Å². The lowest BCUT2D eigenvalue weighted by atomic mass is 10.0. The molecule has 3 aromatic rings. The van der Waals surface area contributed by atoms with Gasteiger partial charge in [-0.05, 0) is 37.5 Å². The number of esters is 1. The number of fused-ring (bicyclic) bond motifs is 1. The summed E-state index contributed by atoms with van der Waals surface area (Å²) in [5, 5.41) is 4.81. The van der Waals surface area contributed by atoms with Crippen molar-refractivity contribution in [3.05, 3.63) is 119 Å². The first-order valence-corrected chi connectivity index (χ1v) is 15.5. The van der Waals surface area contributed by atoms with Crippen LogP contribution in [0.25, 0.3) is 0 Å². The average molecular weight is 630 g/mol. The van der Waals surface area contributed by atoms with Crippen molar-refractivity contribution in [3.63, 3.8) is 0 Å². The van der Waals surface area contributed by atoms with Gasteiger partial charge in [0.05, 0.1) is 12.9 Å². The predicted molar refractivity (Wildman–Crippen MR) is 168 cm³/mol. The van der Waals surface area contributed by atoms with Crippen molar-refractivity contribution in [2.24, 2.45) is 0 Å². The quantitative estimate of drug-likeness (QED) is 0.255. The fraction of sp³-hybridized carbons (Fsp3) is 0.294. The second-order valence-corrected chi connectivity index (χ2v) is 12.6. The van der Waals surface area contributed by atoms with Gasteiger partial charge < -0.3 is 24.8 Å². The number of carbonyl (C=O) groups excluding carboxylic acids is 4. The van der Waals surface area contributed by atoms with E-state index in [1.54, 1.807) is 51.1 Å². The van der Waals surface area contributed by atoms with Gasteiger partial charge in [-0.1, -0.05) is 91.0 Å². The highest BCUT2D eigenvalue weighted by molar-refractivity contribution is 8.00. The zero-order valence-electron chi connectivity index (χ0n) is 25.4. The van der Waals surface area contributed by atoms with Crippen molar-refractivity contribution in [1.29, 1.82) is 0 Å². The molecule has 0 spiro atoms. The van der Waals surface area contributed by atoms with Crippen LogP contribution in [0.5, 0.6) is 0 Å². The van der Waals surface area contributed by atoms with Crippen molar-refractivity contribution in [1.82, 2.24) is 15.5 Å². The Kier molecular flexibility index (Phi) is 9.48. The van der Waals surface area contributed by atoms with E-state index < -0.39 is 53.0 Å². The van der Waals surface area contributed by atoms with Crippen LogP contribution >= 0.6 is 11.8 Å². The van der Waals surface area contributed by atoms with Gasteiger partial charge in [-0.25, -0.2) is 9.59 Å². The molecule has 3 atom stereocenters. The van der Waals surface area contributed by atoms with E-state index in [0.717, 1.165) is 11.1 Å². The molecule has 2 heterocycles. The van der Waals surface area contributed by atoms with E-state index in [9.17, 15) is 19.2 Å². The molecule has 1 saturated heterocycles. The summed E-state index contributed by atoms with van der Waals surface area (Å²) in [4.78, 5) is 54.9. The smallest absolute Gasteiger partial charge is 0.408 e. The maximum absolute atomic E-state index is 13.8. The maximum Gasteiger partial charge on any atom is 0.408 e. The molecule has 1 unspecified atom stereocenters. The molecule has 2 N–H and O–H groups in total. The molecule has 3 amide bonds. The van der Waals surface area contributed by atoms with E-state index in [0.29, 0.717) is 11.3 Å². The Morgan fingerprint density at radius 2 is 1.40 bits per heavy atom. The number of thioether (sulfide) groups is 1. The van der Waals surface area contributed by atoms with Gasteiger partial charge in [-0.15, -0.1) is 11.8 Å². The number of rotatable bonds is 9. The summed E-state index contributed by atoms with van der Waals surface area (Å²) in [7, 11) is 1.44. The zero-order chi connectivity index (χ0) is 32.1. The number of nitrogens with one attached hydrogen (secondary N) is 2. The molecule has 0 aliphatic carbocycles. The lowest BCUT2D eigenvalue weighted by molar-refractivity contribution is -0.155. The summed E-state index contributed by atoms with van der Waals surface area (Å²) in [5.41, 5.74) is 1.27. The van der Waals surface area contributed by atoms with Crippen LogP contribution in [0.2, 0.25) is 0 Å². The molecule has 0 bridgehead atoms. The van der Waals surface area contributed by atoms with Crippen molar-refractivity contribution < 1.29 is 33.4 Å². The highest BCUT2D eigenvalue weighted by Gasteiger charge is 2.55. The van der Waals surface area contributed by atoms with Crippen LogP contribution in [0.15, 0.2) is 102 Å². The van der Waals surface area contributed by atoms with E-state index in [2.05, 4.69) is 10.6 Å². The highest BCUT2D eigenvalue weighted by Crippen LogP contribution is 2.42. The highest BCUT2D eigenvalue weighted by atomic mass is 32.2. The van der Waals surface area contributed by atoms with Crippen LogP contribution in [-0.2, 0) is 28.6 Å². The summed E-state index contributed by atoms with van der Waals surface area (Å²) in [6.07, 6.45) is -1.50. The zero-order valence-corrected chi connectivity index (χ0v) is 26.2. The normalized spacial score (nSPS) is 18.3. The summed E-state index contributed by atoms with van der Waals surface area (Å²) in [5.74, 6) is -1.23. The standard InChI is InChI=1S/C34H35N3O7S/c1-34(2,3)44-33(41)36-25(21-14-8-5-9-15-21)29(38)35-26-30(39)37-27(24(42-4)20-45-31(26)37)32(40)43-28(22-16-10-6-11-17-22)23-18-12-7-13-19-23/h5-19,25-26,28,31H,20H2,1-4H3,(H,35,38)(H,36,41)/t25?,26-,31-/m1/s1. The van der Waals surface area contributed by atoms with Gasteiger partial charge in [-0.3, -0.25) is 14.5 Å². The average Bonchev–Trinajstić information content (AvgIpc) is 3.04. The van der Waals surface area contributed by atoms with Crippen molar-refractivity contribution >= 4 is 35.6 Å². The number of amides is 3. The Hall–Kier alpha value is -4.77. The van der Waals surface area contributed by atoms with Gasteiger partial charge in [0.1, 0.15) is 28.8 Å². The topological polar surface area (TPSA) is 123 Å². The molecule has 0 saturated carbocycles. The van der Waals surface area contributed by atoms with Gasteiger partial charge >= 0.3 is 12.1 Å². The third-order valence-electron chi connectivity index (χ3n) is 7.16. The molecule has 2 aliphatic heterocycles. The molecule has 11 heteroatoms. The Balaban J connectivity index is 1.35. The fourth-order valence-corrected chi connectivity index (χ4v) is 6.40. The Morgan fingerprint density at radius 1 is 0.867 bits per heavy atom. The molecule has 0 radical (unpaired) electrons. The van der Waals surface area contributed by atoms with Crippen LogP contribution in [0, 0.1) is 0 Å². The molecule has 2 aliphatic rings. The third kappa shape index (κ3) is 7.15. The number of carbonyl (C=O) groups is 4. The molecule has 1 fully saturated rings. The van der Waals surface area contributed by atoms with Crippen molar-refractivity contribution in [2.45, 2.75) is 49.9 Å². The number of hydrogen-bond donors (Lipinski definition) is 2. The largest absolute Gasteiger partial charge is 0.498 e. The van der Waals surface area contributed by atoms with Crippen LogP contribution in [0.4, 0.5) is 4.79 Å². The van der Waals surface area contributed by atoms with Crippen LogP contribution in [-0.4, -0.2) is 58.7 Å². The minimum atomic E-state index is -1.12. The lowest BCUT2D eigenvalue weighted by Gasteiger charge is -2.49. The minimum Gasteiger partial charge on any atom is -0.498 e. The van der Waals surface area contributed by atoms with Crippen molar-refractivity contribution in [3.8, 4) is 0 Å². The summed E-state index contributed by atoms with van der Waals surface area (Å²) >= 11 is 1.35. The summed E-state index contributed by atoms with van der Waals surface area (Å²) in [6, 6.07) is 25.3. The number of hydrogen-bond acceptors (Lipinski definition) is 8. The first kappa shape index (κ1) is 31.6. The van der Waals surface area contributed by atoms with Gasteiger partial charge in [-0.2, -0.15) is 0 Å². The molecule has 10 nitrogen and oxygen atoms in total. The van der Waals surface area contributed by atoms with Crippen LogP contribution < -0.4 is 10.6 Å². The van der Waals surface area contributed by atoms with Gasteiger partial charge in [0.25, 0.3) is 5.91 Å². The molecule has 5 rings (SSSR count). The van der Waals surface area contributed by atoms with E-state index >= 15 is 0 Å². The molecule has 3 aromatic carbocycles. The Labute approximate surface area is 266 Å². The van der Waals surface area contributed by atoms with Crippen LogP contribution in [0.1, 0.15) is 49.6 Å². The predicted octanol–water partition coefficient (Wildman–Crippen LogP) is 4.84. The number of benzene rings is 3. The first-order chi connectivity index (χ1) is 21.6. The SMILES string of the molecule is COC1=C(C(=O)OC(c2ccccc2)c2ccccc2)N2C(=O)[C@@H](NC(=O)C(NC(=O)OC(C)(C)C)c3ccccc3)[C@H]2SC1. The molecule has 0 aromatic heterocycles. The van der Waals surface area contributed by atoms with Gasteiger partial charge in [0.15, 0.2) is 11.8 Å². The number of ether oxygens (including phenoxy) is 3. The molecular formula is C34H35N3O7S. The Morgan fingerprint density at radius 3 is 1.91 bits per heavy atom. The number of nitrogens with zero attached hydrogens (tertiary/aromatic N) is 1. The lowest BCUT2D eigenvalue weighted by Crippen LogP contribution is -2.71. The second-order valence-electron chi connectivity index (χ2n) is 11.5. The van der Waals surface area contributed by atoms with E-state index in [-0.39, 0.29) is 11.4 Å². The molecule has 234 valence electrons. The number of β-lactam (4-membered cyclic amide) rings is 1. The Bertz CT molecular complexity index is 1540. The summed E-state index contributed by atoms with van der Waals surface area (Å²) in [6.45, 7) is 5.16.